The fraction of sp³-hybridized carbons (Fsp3) is 0.467. The predicted octanol–water partition coefficient (Wildman–Crippen LogP) is 16.9. The number of nitrogens with one attached hydrogen (secondary N) is 6. The molecule has 4 fully saturated rings. The van der Waals surface area contributed by atoms with E-state index in [4.69, 9.17) is 5.73 Å². The Kier molecular flexibility index (Phi) is 35.9. The van der Waals surface area contributed by atoms with Crippen LogP contribution in [-0.2, 0) is 22.7 Å². The van der Waals surface area contributed by atoms with E-state index in [2.05, 4.69) is 158 Å². The third-order valence-electron chi connectivity index (χ3n) is 17.2. The van der Waals surface area contributed by atoms with Gasteiger partial charge in [0.2, 0.25) is 5.91 Å². The lowest BCUT2D eigenvalue weighted by atomic mass is 9.81. The lowest BCUT2D eigenvalue weighted by Crippen LogP contribution is -2.50. The standard InChI is InChI=1S/C23H27NO2S2.C22H30N2S2.C19H26N2S2.C11H18N2S/c25-19(16-27-20-10-3-1-4-11-20)15-18-9-7-8-14-22(18)24-23(26)17-28-21-12-5-2-6-13-21;1-3-9-19(10-4-1)25-17-15-23-21-13-7-8-14-22(21)24-16-18-26-20-11-5-2-6-12-20;1-2-7-16(8-3-1)23-14-12-20-18-10-4-5-11-19(18)21-15-17-9-6-13-22-17;12-10-5-1-2-6-11(10)13-8-9-4-3-7-14-9/h1-6,10-13,18,22H,7-9,14-17H2,(H,24,26);1-6,9-12,21-24H,7-8,13-18H2;1-3,6-9,13,18-21H,4-5,10-12,14-15H2;3-4,7,10-11,13H,1-2,5-6,8,12H2/t18?,22-;21-,22?;18?,19-;10?,11-/m1111/s1. The summed E-state index contributed by atoms with van der Waals surface area (Å²) >= 11 is 12.6. The fourth-order valence-electron chi connectivity index (χ4n) is 12.3. The molecule has 0 bridgehead atoms. The summed E-state index contributed by atoms with van der Waals surface area (Å²) in [4.78, 5) is 34.1. The second-order valence-electron chi connectivity index (χ2n) is 24.0. The van der Waals surface area contributed by atoms with Gasteiger partial charge in [-0.2, -0.15) is 0 Å². The van der Waals surface area contributed by atoms with Crippen LogP contribution in [0.5, 0.6) is 0 Å². The summed E-state index contributed by atoms with van der Waals surface area (Å²) in [6.07, 6.45) is 20.6. The molecule has 0 spiro atoms. The van der Waals surface area contributed by atoms with Gasteiger partial charge in [0, 0.05) is 133 Å². The summed E-state index contributed by atoms with van der Waals surface area (Å²) in [6, 6.07) is 64.3. The second kappa shape index (κ2) is 44.7. The summed E-state index contributed by atoms with van der Waals surface area (Å²) < 4.78 is 0. The third kappa shape index (κ3) is 29.8. The molecule has 0 aliphatic heterocycles. The van der Waals surface area contributed by atoms with Gasteiger partial charge in [0.15, 0.2) is 0 Å². The van der Waals surface area contributed by atoms with Crippen molar-refractivity contribution in [3.63, 3.8) is 0 Å². The highest BCUT2D eigenvalue weighted by Crippen LogP contribution is 2.30. The molecule has 9 nitrogen and oxygen atoms in total. The van der Waals surface area contributed by atoms with E-state index in [1.165, 1.54) is 101 Å². The van der Waals surface area contributed by atoms with E-state index >= 15 is 0 Å². The van der Waals surface area contributed by atoms with Crippen LogP contribution < -0.4 is 37.6 Å². The van der Waals surface area contributed by atoms with Gasteiger partial charge in [0.1, 0.15) is 5.78 Å². The molecule has 5 aromatic carbocycles. The predicted molar refractivity (Wildman–Crippen MR) is 398 cm³/mol. The molecule has 7 aromatic rings. The first-order valence-corrected chi connectivity index (χ1v) is 40.3. The Labute approximate surface area is 575 Å². The van der Waals surface area contributed by atoms with Gasteiger partial charge in [0.25, 0.3) is 0 Å². The summed E-state index contributed by atoms with van der Waals surface area (Å²) in [5, 5.41) is 26.2. The smallest absolute Gasteiger partial charge is 0.230 e. The topological polar surface area (TPSA) is 132 Å². The molecule has 4 aliphatic rings. The molecular weight excluding hydrogens is 1260 g/mol. The van der Waals surface area contributed by atoms with Crippen molar-refractivity contribution in [3.05, 3.63) is 196 Å². The summed E-state index contributed by atoms with van der Waals surface area (Å²) in [6.45, 7) is 5.25. The molecule has 0 saturated heterocycles. The molecule has 2 aromatic heterocycles. The zero-order chi connectivity index (χ0) is 63.0. The molecular formula is C75H101N7O2S7. The molecule has 16 heteroatoms. The minimum absolute atomic E-state index is 0.0665. The average Bonchev–Trinajstić information content (AvgIpc) is 4.44. The van der Waals surface area contributed by atoms with Crippen LogP contribution >= 0.6 is 81.5 Å². The van der Waals surface area contributed by atoms with Gasteiger partial charge in [0.05, 0.1) is 11.5 Å². The SMILES string of the molecule is NC1CCCC[C@H]1NCc1cccs1.O=C(CSc1ccccc1)CC1CCCC[C@H]1NC(=O)CSc1ccccc1.c1ccc(SCCNC2CCCC[C@H]2NCCSc2ccccc2)cc1.c1ccc(SCCNC2CCCC[C@H]2NCc2cccs2)cc1. The van der Waals surface area contributed by atoms with Crippen molar-refractivity contribution in [2.24, 2.45) is 11.7 Å². The Hall–Kier alpha value is -3.85. The highest BCUT2D eigenvalue weighted by Gasteiger charge is 2.29. The van der Waals surface area contributed by atoms with E-state index in [0.29, 0.717) is 54.2 Å². The van der Waals surface area contributed by atoms with Gasteiger partial charge >= 0.3 is 0 Å². The zero-order valence-electron chi connectivity index (χ0n) is 53.4. The van der Waals surface area contributed by atoms with E-state index in [1.54, 1.807) is 23.5 Å². The van der Waals surface area contributed by atoms with Gasteiger partial charge < -0.3 is 37.6 Å². The Balaban J connectivity index is 0.000000160. The number of ketones is 1. The monoisotopic (exact) mass is 1360 g/mol. The average molecular weight is 1360 g/mol. The highest BCUT2D eigenvalue weighted by atomic mass is 32.2. The van der Waals surface area contributed by atoms with E-state index in [1.807, 2.05) is 119 Å². The molecule has 8 atom stereocenters. The van der Waals surface area contributed by atoms with Crippen LogP contribution in [0.2, 0.25) is 0 Å². The van der Waals surface area contributed by atoms with Crippen LogP contribution in [0.25, 0.3) is 0 Å². The molecule has 91 heavy (non-hydrogen) atoms. The number of carbonyl (C=O) groups is 2. The maximum atomic E-state index is 12.5. The number of carbonyl (C=O) groups excluding carboxylic acids is 2. The number of Topliss-reactive ketones (excluding diaryl/α,β-unsaturated/α-hetero) is 1. The number of rotatable bonds is 30. The number of benzene rings is 5. The highest BCUT2D eigenvalue weighted by molar-refractivity contribution is 8.00. The lowest BCUT2D eigenvalue weighted by Gasteiger charge is -2.33. The van der Waals surface area contributed by atoms with Gasteiger partial charge in [-0.15, -0.1) is 81.5 Å². The number of amides is 1. The number of hydrogen-bond donors (Lipinski definition) is 7. The third-order valence-corrected chi connectivity index (χ3v) is 24.0. The van der Waals surface area contributed by atoms with Crippen LogP contribution in [0.1, 0.15) is 119 Å². The van der Waals surface area contributed by atoms with E-state index in [-0.39, 0.29) is 23.7 Å². The molecule has 490 valence electrons. The second-order valence-corrected chi connectivity index (χ2v) is 31.6. The number of hydrogen-bond acceptors (Lipinski definition) is 15. The van der Waals surface area contributed by atoms with Crippen molar-refractivity contribution in [2.45, 2.75) is 189 Å². The largest absolute Gasteiger partial charge is 0.352 e. The zero-order valence-corrected chi connectivity index (χ0v) is 59.1. The van der Waals surface area contributed by atoms with Gasteiger partial charge in [-0.3, -0.25) is 9.59 Å². The minimum Gasteiger partial charge on any atom is -0.352 e. The molecule has 0 radical (unpaired) electrons. The lowest BCUT2D eigenvalue weighted by molar-refractivity contribution is -0.121. The molecule has 8 N–H and O–H groups in total. The van der Waals surface area contributed by atoms with E-state index < -0.39 is 0 Å². The molecule has 1 amide bonds. The summed E-state index contributed by atoms with van der Waals surface area (Å²) in [5.41, 5.74) is 6.06. The minimum atomic E-state index is 0.0665. The van der Waals surface area contributed by atoms with Gasteiger partial charge in [-0.05, 0) is 141 Å². The fourth-order valence-corrected chi connectivity index (χ4v) is 17.6. The Morgan fingerprint density at radius 1 is 0.374 bits per heavy atom. The molecule has 2 heterocycles. The normalized spacial score (nSPS) is 21.3. The van der Waals surface area contributed by atoms with E-state index in [0.717, 1.165) is 85.5 Å². The number of thiophene rings is 2. The Bertz CT molecular complexity index is 2820. The van der Waals surface area contributed by atoms with Gasteiger partial charge in [-0.25, -0.2) is 0 Å². The van der Waals surface area contributed by atoms with E-state index in [9.17, 15) is 9.59 Å². The first-order chi connectivity index (χ1) is 44.9. The first-order valence-electron chi connectivity index (χ1n) is 33.6. The number of nitrogens with two attached hydrogens (primary N) is 1. The van der Waals surface area contributed by atoms with Crippen molar-refractivity contribution < 1.29 is 9.59 Å². The Morgan fingerprint density at radius 2 is 0.714 bits per heavy atom. The van der Waals surface area contributed by atoms with Crippen LogP contribution in [0, 0.1) is 5.92 Å². The van der Waals surface area contributed by atoms with Crippen molar-refractivity contribution in [3.8, 4) is 0 Å². The van der Waals surface area contributed by atoms with Crippen molar-refractivity contribution >= 4 is 93.2 Å². The van der Waals surface area contributed by atoms with Crippen LogP contribution in [0.3, 0.4) is 0 Å². The van der Waals surface area contributed by atoms with Crippen molar-refractivity contribution in [1.29, 1.82) is 0 Å². The molecule has 4 unspecified atom stereocenters. The van der Waals surface area contributed by atoms with Gasteiger partial charge in [-0.1, -0.05) is 154 Å². The first kappa shape index (κ1) is 73.0. The molecule has 11 rings (SSSR count). The van der Waals surface area contributed by atoms with Crippen molar-refractivity contribution in [2.75, 3.05) is 48.4 Å². The van der Waals surface area contributed by atoms with Crippen LogP contribution in [0.4, 0.5) is 0 Å². The quantitative estimate of drug-likeness (QED) is 0.0170. The van der Waals surface area contributed by atoms with Crippen molar-refractivity contribution in [1.82, 2.24) is 31.9 Å². The summed E-state index contributed by atoms with van der Waals surface area (Å²) in [5.74, 6) is 4.95. The van der Waals surface area contributed by atoms with Crippen LogP contribution in [-0.4, -0.2) is 102 Å². The van der Waals surface area contributed by atoms with Crippen LogP contribution in [0.15, 0.2) is 211 Å². The summed E-state index contributed by atoms with van der Waals surface area (Å²) in [7, 11) is 0. The maximum absolute atomic E-state index is 12.5. The number of thioether (sulfide) groups is 5. The maximum Gasteiger partial charge on any atom is 0.230 e. The molecule has 4 saturated carbocycles. The Morgan fingerprint density at radius 3 is 1.11 bits per heavy atom. The molecule has 4 aliphatic carbocycles.